The highest BCUT2D eigenvalue weighted by Gasteiger charge is 2.13. The quantitative estimate of drug-likeness (QED) is 0.339. The van der Waals surface area contributed by atoms with Crippen LogP contribution in [0.4, 0.5) is 8.78 Å². The second-order valence-electron chi connectivity index (χ2n) is 6.08. The van der Waals surface area contributed by atoms with Crippen molar-refractivity contribution in [1.82, 2.24) is 9.97 Å². The molecule has 4 aromatic rings. The van der Waals surface area contributed by atoms with Crippen molar-refractivity contribution in [3.8, 4) is 0 Å². The lowest BCUT2D eigenvalue weighted by atomic mass is 10.2. The van der Waals surface area contributed by atoms with Crippen LogP contribution in [-0.2, 0) is 11.5 Å². The molecule has 1 aromatic heterocycles. The van der Waals surface area contributed by atoms with Gasteiger partial charge in [-0.15, -0.1) is 0 Å². The third-order valence-electron chi connectivity index (χ3n) is 4.15. The molecule has 0 bridgehead atoms. The lowest BCUT2D eigenvalue weighted by Crippen LogP contribution is -1.95. The van der Waals surface area contributed by atoms with E-state index in [-0.39, 0.29) is 11.6 Å². The van der Waals surface area contributed by atoms with Gasteiger partial charge >= 0.3 is 0 Å². The van der Waals surface area contributed by atoms with Gasteiger partial charge in [-0.1, -0.05) is 72.1 Å². The van der Waals surface area contributed by atoms with Crippen LogP contribution in [0.2, 0.25) is 0 Å². The van der Waals surface area contributed by atoms with Gasteiger partial charge in [0.2, 0.25) is 0 Å². The number of nitrogens with zero attached hydrogens (tertiary/aromatic N) is 2. The maximum atomic E-state index is 14.0. The van der Waals surface area contributed by atoms with E-state index in [1.807, 2.05) is 36.4 Å². The van der Waals surface area contributed by atoms with Crippen LogP contribution in [0.25, 0.3) is 11.0 Å². The molecule has 0 saturated heterocycles. The van der Waals surface area contributed by atoms with Crippen LogP contribution < -0.4 is 0 Å². The number of hydrogen-bond donors (Lipinski definition) is 0. The molecule has 0 atom stereocenters. The topological polar surface area (TPSA) is 25.8 Å². The van der Waals surface area contributed by atoms with Gasteiger partial charge in [0.15, 0.2) is 0 Å². The zero-order chi connectivity index (χ0) is 19.3. The van der Waals surface area contributed by atoms with Crippen molar-refractivity contribution in [2.45, 2.75) is 21.6 Å². The van der Waals surface area contributed by atoms with E-state index in [1.165, 1.54) is 35.7 Å². The van der Waals surface area contributed by atoms with Crippen LogP contribution in [0.15, 0.2) is 82.8 Å². The molecule has 0 aliphatic heterocycles. The average molecular weight is 411 g/mol. The molecule has 2 nitrogen and oxygen atoms in total. The van der Waals surface area contributed by atoms with Crippen LogP contribution in [0.1, 0.15) is 11.1 Å². The summed E-state index contributed by atoms with van der Waals surface area (Å²) >= 11 is 2.88. The Balaban J connectivity index is 1.62. The maximum Gasteiger partial charge on any atom is 0.129 e. The van der Waals surface area contributed by atoms with Gasteiger partial charge in [0.05, 0.1) is 11.0 Å². The fraction of sp³-hybridized carbons (Fsp3) is 0.0909. The standard InChI is InChI=1S/C22H16F2N2S2/c23-17-9-3-1-7-15(17)13-27-21-22(26-20-12-6-5-11-19(20)25-21)28-14-16-8-2-4-10-18(16)24/h1-12H,13-14H2. The first kappa shape index (κ1) is 18.9. The van der Waals surface area contributed by atoms with Crippen LogP contribution in [-0.4, -0.2) is 9.97 Å². The first-order valence-electron chi connectivity index (χ1n) is 8.70. The summed E-state index contributed by atoms with van der Waals surface area (Å²) in [6, 6.07) is 21.1. The number of aromatic nitrogens is 2. The molecule has 0 amide bonds. The predicted molar refractivity (Wildman–Crippen MR) is 111 cm³/mol. The molecule has 1 heterocycles. The molecular formula is C22H16F2N2S2. The lowest BCUT2D eigenvalue weighted by Gasteiger charge is -2.10. The lowest BCUT2D eigenvalue weighted by molar-refractivity contribution is 0.617. The summed E-state index contributed by atoms with van der Waals surface area (Å²) in [4.78, 5) is 9.44. The summed E-state index contributed by atoms with van der Waals surface area (Å²) in [5, 5.41) is 1.45. The average Bonchev–Trinajstić information content (AvgIpc) is 2.72. The molecular weight excluding hydrogens is 394 g/mol. The molecule has 6 heteroatoms. The van der Waals surface area contributed by atoms with Crippen molar-refractivity contribution < 1.29 is 8.78 Å². The van der Waals surface area contributed by atoms with Crippen molar-refractivity contribution in [1.29, 1.82) is 0 Å². The van der Waals surface area contributed by atoms with Crippen molar-refractivity contribution in [2.75, 3.05) is 0 Å². The number of thioether (sulfide) groups is 2. The first-order valence-corrected chi connectivity index (χ1v) is 10.7. The number of para-hydroxylation sites is 2. The van der Waals surface area contributed by atoms with Crippen LogP contribution in [0, 0.1) is 11.6 Å². The van der Waals surface area contributed by atoms with Crippen LogP contribution in [0.5, 0.6) is 0 Å². The zero-order valence-corrected chi connectivity index (χ0v) is 16.4. The fourth-order valence-corrected chi connectivity index (χ4v) is 4.75. The summed E-state index contributed by atoms with van der Waals surface area (Å²) in [6.07, 6.45) is 0. The van der Waals surface area contributed by atoms with E-state index >= 15 is 0 Å². The minimum absolute atomic E-state index is 0.232. The van der Waals surface area contributed by atoms with Crippen molar-refractivity contribution >= 4 is 34.6 Å². The molecule has 0 N–H and O–H groups in total. The van der Waals surface area contributed by atoms with Gasteiger partial charge in [-0.25, -0.2) is 18.7 Å². The Hall–Kier alpha value is -2.44. The third kappa shape index (κ3) is 4.34. The molecule has 0 aliphatic rings. The van der Waals surface area contributed by atoms with Gasteiger partial charge in [0.25, 0.3) is 0 Å². The van der Waals surface area contributed by atoms with Gasteiger partial charge in [-0.05, 0) is 35.4 Å². The van der Waals surface area contributed by atoms with Crippen molar-refractivity contribution in [3.05, 3.63) is 95.6 Å². The first-order chi connectivity index (χ1) is 13.7. The minimum Gasteiger partial charge on any atom is -0.237 e. The molecule has 0 saturated carbocycles. The van der Waals surface area contributed by atoms with Gasteiger partial charge in [0.1, 0.15) is 21.7 Å². The Labute approximate surface area is 170 Å². The summed E-state index contributed by atoms with van der Waals surface area (Å²) < 4.78 is 27.9. The maximum absolute atomic E-state index is 14.0. The Morgan fingerprint density at radius 1 is 0.571 bits per heavy atom. The second-order valence-corrected chi connectivity index (χ2v) is 8.01. The Morgan fingerprint density at radius 3 is 1.39 bits per heavy atom. The highest BCUT2D eigenvalue weighted by atomic mass is 32.2. The summed E-state index contributed by atoms with van der Waals surface area (Å²) in [5.41, 5.74) is 2.81. The molecule has 28 heavy (non-hydrogen) atoms. The SMILES string of the molecule is Fc1ccccc1CSc1nc2ccccc2nc1SCc1ccccc1F. The van der Waals surface area contributed by atoms with E-state index in [9.17, 15) is 8.78 Å². The van der Waals surface area contributed by atoms with Crippen molar-refractivity contribution in [2.24, 2.45) is 0 Å². The third-order valence-corrected chi connectivity index (χ3v) is 6.31. The van der Waals surface area contributed by atoms with Gasteiger partial charge in [-0.3, -0.25) is 0 Å². The molecule has 0 fully saturated rings. The molecule has 4 rings (SSSR count). The number of rotatable bonds is 6. The molecule has 0 aliphatic carbocycles. The van der Waals surface area contributed by atoms with Gasteiger partial charge in [-0.2, -0.15) is 0 Å². The van der Waals surface area contributed by atoms with Crippen LogP contribution in [0.3, 0.4) is 0 Å². The number of halogens is 2. The number of benzene rings is 3. The Kier molecular flexibility index (Phi) is 5.88. The fourth-order valence-electron chi connectivity index (χ4n) is 2.68. The molecule has 0 radical (unpaired) electrons. The number of fused-ring (bicyclic) bond motifs is 1. The largest absolute Gasteiger partial charge is 0.237 e. The molecule has 3 aromatic carbocycles. The summed E-state index contributed by atoms with van der Waals surface area (Å²) in [6.45, 7) is 0. The Bertz CT molecular complexity index is 1030. The van der Waals surface area contributed by atoms with Gasteiger partial charge < -0.3 is 0 Å². The van der Waals surface area contributed by atoms with Crippen LogP contribution >= 0.6 is 23.5 Å². The normalized spacial score (nSPS) is 11.1. The smallest absolute Gasteiger partial charge is 0.129 e. The Morgan fingerprint density at radius 2 is 0.964 bits per heavy atom. The summed E-state index contributed by atoms with van der Waals surface area (Å²) in [5.74, 6) is 0.438. The van der Waals surface area contributed by atoms with Gasteiger partial charge in [0, 0.05) is 11.5 Å². The van der Waals surface area contributed by atoms with Crippen molar-refractivity contribution in [3.63, 3.8) is 0 Å². The molecule has 140 valence electrons. The monoisotopic (exact) mass is 410 g/mol. The van der Waals surface area contributed by atoms with E-state index in [2.05, 4.69) is 0 Å². The highest BCUT2D eigenvalue weighted by Crippen LogP contribution is 2.34. The molecule has 0 spiro atoms. The zero-order valence-electron chi connectivity index (χ0n) is 14.8. The minimum atomic E-state index is -0.232. The molecule has 0 unspecified atom stereocenters. The highest BCUT2D eigenvalue weighted by molar-refractivity contribution is 8.01. The predicted octanol–water partition coefficient (Wildman–Crippen LogP) is 6.49. The number of hydrogen-bond acceptors (Lipinski definition) is 4. The van der Waals surface area contributed by atoms with E-state index in [0.29, 0.717) is 22.6 Å². The summed E-state index contributed by atoms with van der Waals surface area (Å²) in [7, 11) is 0. The second kappa shape index (κ2) is 8.71. The van der Waals surface area contributed by atoms with E-state index in [0.717, 1.165) is 21.1 Å². The van der Waals surface area contributed by atoms with E-state index in [1.54, 1.807) is 24.3 Å². The van der Waals surface area contributed by atoms with E-state index < -0.39 is 0 Å². The van der Waals surface area contributed by atoms with E-state index in [4.69, 9.17) is 9.97 Å².